The number of rotatable bonds is 1. The molecule has 1 atom stereocenters. The Bertz CT molecular complexity index is 345. The summed E-state index contributed by atoms with van der Waals surface area (Å²) in [6, 6.07) is 0. The zero-order chi connectivity index (χ0) is 10.8. The normalized spacial score (nSPS) is 21.6. The molecule has 4 nitrogen and oxygen atoms in total. The van der Waals surface area contributed by atoms with Crippen LogP contribution in [0.2, 0.25) is 0 Å². The molecule has 1 fully saturated rings. The van der Waals surface area contributed by atoms with Crippen molar-refractivity contribution < 1.29 is 9.13 Å². The largest absolute Gasteiger partial charge is 0.381 e. The lowest BCUT2D eigenvalue weighted by atomic mass is 10.3. The lowest BCUT2D eigenvalue weighted by molar-refractivity contribution is 0.0692. The van der Waals surface area contributed by atoms with Crippen molar-refractivity contribution in [2.24, 2.45) is 0 Å². The van der Waals surface area contributed by atoms with Crippen molar-refractivity contribution in [1.29, 1.82) is 0 Å². The third-order valence-corrected chi connectivity index (χ3v) is 3.16. The summed E-state index contributed by atoms with van der Waals surface area (Å²) in [4.78, 5) is 7.96. The predicted octanol–water partition coefficient (Wildman–Crippen LogP) is 1.31. The van der Waals surface area contributed by atoms with Gasteiger partial charge in [-0.15, -0.1) is 0 Å². The quantitative estimate of drug-likeness (QED) is 0.786. The number of halogens is 1. The minimum absolute atomic E-state index is 0.100. The van der Waals surface area contributed by atoms with Crippen molar-refractivity contribution >= 4 is 17.6 Å². The Morgan fingerprint density at radius 2 is 2.33 bits per heavy atom. The van der Waals surface area contributed by atoms with Crippen LogP contribution >= 0.6 is 11.8 Å². The van der Waals surface area contributed by atoms with E-state index in [-0.39, 0.29) is 17.6 Å². The molecule has 0 saturated carbocycles. The van der Waals surface area contributed by atoms with E-state index in [0.717, 1.165) is 11.5 Å². The topological polar surface area (TPSA) is 61.0 Å². The molecular weight excluding hydrogens is 217 g/mol. The number of ether oxygens (including phenoxy) is 1. The molecule has 0 aromatic carbocycles. The van der Waals surface area contributed by atoms with Gasteiger partial charge in [-0.25, -0.2) is 14.4 Å². The number of nitrogens with two attached hydrogens (primary N) is 1. The lowest BCUT2D eigenvalue weighted by Crippen LogP contribution is -2.19. The summed E-state index contributed by atoms with van der Waals surface area (Å²) in [5.41, 5.74) is 5.71. The minimum Gasteiger partial charge on any atom is -0.381 e. The summed E-state index contributed by atoms with van der Waals surface area (Å²) in [7, 11) is 0. The third kappa shape index (κ3) is 2.21. The molecule has 1 unspecified atom stereocenters. The zero-order valence-corrected chi connectivity index (χ0v) is 9.18. The Labute approximate surface area is 91.4 Å². The maximum absolute atomic E-state index is 13.2. The first kappa shape index (κ1) is 10.6. The van der Waals surface area contributed by atoms with E-state index in [1.165, 1.54) is 0 Å². The van der Waals surface area contributed by atoms with Gasteiger partial charge in [0.25, 0.3) is 0 Å². The van der Waals surface area contributed by atoms with Gasteiger partial charge in [0.15, 0.2) is 17.5 Å². The predicted molar refractivity (Wildman–Crippen MR) is 57.2 cm³/mol. The second kappa shape index (κ2) is 4.32. The Balaban J connectivity index is 2.27. The van der Waals surface area contributed by atoms with E-state index in [1.807, 2.05) is 0 Å². The second-order valence-corrected chi connectivity index (χ2v) is 4.45. The molecule has 0 bridgehead atoms. The van der Waals surface area contributed by atoms with Gasteiger partial charge in [0.2, 0.25) is 0 Å². The van der Waals surface area contributed by atoms with Crippen LogP contribution < -0.4 is 5.73 Å². The average Bonchev–Trinajstić information content (AvgIpc) is 2.26. The molecule has 0 spiro atoms. The van der Waals surface area contributed by atoms with E-state index >= 15 is 0 Å². The van der Waals surface area contributed by atoms with Gasteiger partial charge in [-0.1, -0.05) is 0 Å². The fourth-order valence-corrected chi connectivity index (χ4v) is 2.22. The first-order chi connectivity index (χ1) is 7.18. The van der Waals surface area contributed by atoms with E-state index in [1.54, 1.807) is 18.7 Å². The van der Waals surface area contributed by atoms with E-state index in [4.69, 9.17) is 10.5 Å². The molecule has 0 aliphatic carbocycles. The van der Waals surface area contributed by atoms with Gasteiger partial charge in [-0.3, -0.25) is 0 Å². The summed E-state index contributed by atoms with van der Waals surface area (Å²) in [6.07, 6.45) is -0.162. The number of aryl methyl sites for hydroxylation is 1. The molecule has 2 N–H and O–H groups in total. The Hall–Kier alpha value is -0.880. The Morgan fingerprint density at radius 3 is 2.93 bits per heavy atom. The number of aromatic nitrogens is 2. The Kier molecular flexibility index (Phi) is 3.06. The summed E-state index contributed by atoms with van der Waals surface area (Å²) in [5.74, 6) is 1.62. The van der Waals surface area contributed by atoms with Gasteiger partial charge >= 0.3 is 0 Å². The zero-order valence-electron chi connectivity index (χ0n) is 8.36. The van der Waals surface area contributed by atoms with Crippen molar-refractivity contribution in [3.05, 3.63) is 17.3 Å². The molecule has 15 heavy (non-hydrogen) atoms. The minimum atomic E-state index is -0.540. The molecule has 0 amide bonds. The standard InChI is InChI=1S/C9H12FN3OS/c1-5-7(10)8(11)13-9(12-5)6-4-15-3-2-14-6/h6H,2-4H2,1H3,(H2,11,12,13). The van der Waals surface area contributed by atoms with Gasteiger partial charge in [0, 0.05) is 11.5 Å². The monoisotopic (exact) mass is 229 g/mol. The van der Waals surface area contributed by atoms with Crippen molar-refractivity contribution in [3.63, 3.8) is 0 Å². The van der Waals surface area contributed by atoms with E-state index in [0.29, 0.717) is 12.4 Å². The highest BCUT2D eigenvalue weighted by molar-refractivity contribution is 7.99. The van der Waals surface area contributed by atoms with Crippen LogP contribution in [0.1, 0.15) is 17.6 Å². The van der Waals surface area contributed by atoms with Crippen LogP contribution in [0.5, 0.6) is 0 Å². The molecule has 1 aliphatic rings. The molecule has 2 heterocycles. The number of nitrogens with zero attached hydrogens (tertiary/aromatic N) is 2. The maximum Gasteiger partial charge on any atom is 0.186 e. The highest BCUT2D eigenvalue weighted by Crippen LogP contribution is 2.25. The third-order valence-electron chi connectivity index (χ3n) is 2.16. The maximum atomic E-state index is 13.2. The number of hydrogen-bond donors (Lipinski definition) is 1. The van der Waals surface area contributed by atoms with Gasteiger partial charge in [0.1, 0.15) is 6.10 Å². The van der Waals surface area contributed by atoms with Crippen molar-refractivity contribution in [3.8, 4) is 0 Å². The first-order valence-corrected chi connectivity index (χ1v) is 5.83. The fourth-order valence-electron chi connectivity index (χ4n) is 1.38. The smallest absolute Gasteiger partial charge is 0.186 e. The molecule has 2 rings (SSSR count). The molecule has 82 valence electrons. The first-order valence-electron chi connectivity index (χ1n) is 4.67. The number of thioether (sulfide) groups is 1. The number of nitrogen functional groups attached to an aromatic ring is 1. The summed E-state index contributed by atoms with van der Waals surface area (Å²) in [6.45, 7) is 2.25. The van der Waals surface area contributed by atoms with E-state index < -0.39 is 5.82 Å². The number of anilines is 1. The highest BCUT2D eigenvalue weighted by atomic mass is 32.2. The van der Waals surface area contributed by atoms with Crippen LogP contribution in [-0.4, -0.2) is 28.1 Å². The van der Waals surface area contributed by atoms with Gasteiger partial charge in [-0.2, -0.15) is 11.8 Å². The molecule has 1 aliphatic heterocycles. The second-order valence-electron chi connectivity index (χ2n) is 3.30. The van der Waals surface area contributed by atoms with Crippen LogP contribution in [0.15, 0.2) is 0 Å². The van der Waals surface area contributed by atoms with Crippen molar-refractivity contribution in [1.82, 2.24) is 9.97 Å². The highest BCUT2D eigenvalue weighted by Gasteiger charge is 2.21. The fraction of sp³-hybridized carbons (Fsp3) is 0.556. The van der Waals surface area contributed by atoms with Crippen LogP contribution in [-0.2, 0) is 4.74 Å². The van der Waals surface area contributed by atoms with Gasteiger partial charge in [0.05, 0.1) is 12.3 Å². The van der Waals surface area contributed by atoms with Crippen LogP contribution in [0.25, 0.3) is 0 Å². The lowest BCUT2D eigenvalue weighted by Gasteiger charge is -2.21. The molecule has 1 saturated heterocycles. The molecule has 1 aromatic heterocycles. The molecule has 1 aromatic rings. The van der Waals surface area contributed by atoms with Crippen LogP contribution in [0.3, 0.4) is 0 Å². The van der Waals surface area contributed by atoms with Crippen molar-refractivity contribution in [2.75, 3.05) is 23.8 Å². The molecule has 0 radical (unpaired) electrons. The number of hydrogen-bond acceptors (Lipinski definition) is 5. The SMILES string of the molecule is Cc1nc(C2CSCCO2)nc(N)c1F. The van der Waals surface area contributed by atoms with Crippen LogP contribution in [0.4, 0.5) is 10.2 Å². The van der Waals surface area contributed by atoms with E-state index in [2.05, 4.69) is 9.97 Å². The van der Waals surface area contributed by atoms with Gasteiger partial charge < -0.3 is 10.5 Å². The van der Waals surface area contributed by atoms with Gasteiger partial charge in [-0.05, 0) is 6.92 Å². The summed E-state index contributed by atoms with van der Waals surface area (Å²) in [5, 5.41) is 0. The van der Waals surface area contributed by atoms with Crippen LogP contribution in [0, 0.1) is 12.7 Å². The summed E-state index contributed by atoms with van der Waals surface area (Å²) >= 11 is 1.77. The van der Waals surface area contributed by atoms with E-state index in [9.17, 15) is 4.39 Å². The summed E-state index contributed by atoms with van der Waals surface area (Å²) < 4.78 is 18.7. The average molecular weight is 229 g/mol. The van der Waals surface area contributed by atoms with Crippen molar-refractivity contribution in [2.45, 2.75) is 13.0 Å². The molecule has 6 heteroatoms. The Morgan fingerprint density at radius 1 is 1.53 bits per heavy atom. The molecular formula is C9H12FN3OS.